The molecule has 0 aliphatic heterocycles. The van der Waals surface area contributed by atoms with Crippen molar-refractivity contribution < 1.29 is 18.7 Å². The molecule has 0 saturated heterocycles. The molecule has 1 aromatic heterocycles. The lowest BCUT2D eigenvalue weighted by Gasteiger charge is -2.10. The third-order valence-corrected chi connectivity index (χ3v) is 4.14. The van der Waals surface area contributed by atoms with Crippen molar-refractivity contribution in [1.82, 2.24) is 9.55 Å². The lowest BCUT2D eigenvalue weighted by Crippen LogP contribution is -2.14. The molecule has 0 bridgehead atoms. The predicted molar refractivity (Wildman–Crippen MR) is 98.7 cm³/mol. The molecule has 2 aromatic carbocycles. The van der Waals surface area contributed by atoms with Crippen LogP contribution in [-0.2, 0) is 11.2 Å². The van der Waals surface area contributed by atoms with Crippen LogP contribution in [0, 0.1) is 12.7 Å². The number of aromatic nitrogens is 2. The van der Waals surface area contributed by atoms with Gasteiger partial charge in [-0.15, -0.1) is 0 Å². The molecule has 0 atom stereocenters. The Morgan fingerprint density at radius 1 is 1.07 bits per heavy atom. The molecule has 0 N–H and O–H groups in total. The topological polar surface area (TPSA) is 61.2 Å². The number of ether oxygens (including phenoxy) is 1. The minimum absolute atomic E-state index is 0.0618. The van der Waals surface area contributed by atoms with Gasteiger partial charge in [-0.3, -0.25) is 4.79 Å². The summed E-state index contributed by atoms with van der Waals surface area (Å²) in [5.41, 5.74) is 2.78. The van der Waals surface area contributed by atoms with E-state index in [0.717, 1.165) is 11.3 Å². The number of benzene rings is 2. The molecule has 0 spiro atoms. The number of carbonyl (C=O) groups is 2. The standard InChI is InChI=1S/C21H19FN2O3/c1-3-27-21(26)20-18(12-19(25)15-6-8-16(22)9-7-15)24(13-23-20)17-10-4-14(2)5-11-17/h4-11,13H,3,12H2,1-2H3. The van der Waals surface area contributed by atoms with Crippen LogP contribution in [-0.4, -0.2) is 27.9 Å². The molecule has 1 heterocycles. The summed E-state index contributed by atoms with van der Waals surface area (Å²) in [6.45, 7) is 3.89. The number of Topliss-reactive ketones (excluding diaryl/α,β-unsaturated/α-hetero) is 1. The largest absolute Gasteiger partial charge is 0.461 e. The zero-order chi connectivity index (χ0) is 19.4. The first kappa shape index (κ1) is 18.5. The summed E-state index contributed by atoms with van der Waals surface area (Å²) >= 11 is 0. The number of rotatable bonds is 6. The first-order valence-electron chi connectivity index (χ1n) is 8.58. The molecule has 0 radical (unpaired) electrons. The normalized spacial score (nSPS) is 10.6. The molecule has 6 heteroatoms. The second-order valence-corrected chi connectivity index (χ2v) is 6.07. The molecule has 0 amide bonds. The van der Waals surface area contributed by atoms with Crippen molar-refractivity contribution in [3.63, 3.8) is 0 Å². The van der Waals surface area contributed by atoms with E-state index in [-0.39, 0.29) is 24.5 Å². The van der Waals surface area contributed by atoms with Gasteiger partial charge in [0.25, 0.3) is 0 Å². The van der Waals surface area contributed by atoms with E-state index in [1.54, 1.807) is 11.5 Å². The fourth-order valence-corrected chi connectivity index (χ4v) is 2.73. The number of hydrogen-bond donors (Lipinski definition) is 0. The Morgan fingerprint density at radius 2 is 1.74 bits per heavy atom. The SMILES string of the molecule is CCOC(=O)c1ncn(-c2ccc(C)cc2)c1CC(=O)c1ccc(F)cc1. The predicted octanol–water partition coefficient (Wildman–Crippen LogP) is 3.92. The van der Waals surface area contributed by atoms with Crippen LogP contribution in [0.3, 0.4) is 0 Å². The van der Waals surface area contributed by atoms with Gasteiger partial charge in [0.2, 0.25) is 0 Å². The van der Waals surface area contributed by atoms with E-state index in [1.807, 2.05) is 31.2 Å². The maximum atomic E-state index is 13.1. The van der Waals surface area contributed by atoms with Gasteiger partial charge in [-0.1, -0.05) is 17.7 Å². The van der Waals surface area contributed by atoms with E-state index in [1.165, 1.54) is 30.6 Å². The van der Waals surface area contributed by atoms with Crippen molar-refractivity contribution in [1.29, 1.82) is 0 Å². The summed E-state index contributed by atoms with van der Waals surface area (Å²) in [6, 6.07) is 13.0. The summed E-state index contributed by atoms with van der Waals surface area (Å²) in [7, 11) is 0. The van der Waals surface area contributed by atoms with Gasteiger partial charge < -0.3 is 9.30 Å². The zero-order valence-corrected chi connectivity index (χ0v) is 15.1. The number of aryl methyl sites for hydroxylation is 1. The van der Waals surface area contributed by atoms with Gasteiger partial charge in [-0.25, -0.2) is 14.2 Å². The Balaban J connectivity index is 2.00. The van der Waals surface area contributed by atoms with Gasteiger partial charge in [0, 0.05) is 11.3 Å². The zero-order valence-electron chi connectivity index (χ0n) is 15.1. The smallest absolute Gasteiger partial charge is 0.358 e. The molecule has 0 unspecified atom stereocenters. The fraction of sp³-hybridized carbons (Fsp3) is 0.190. The Bertz CT molecular complexity index is 960. The molecule has 0 aliphatic rings. The third-order valence-electron chi connectivity index (χ3n) is 4.14. The highest BCUT2D eigenvalue weighted by atomic mass is 19.1. The van der Waals surface area contributed by atoms with E-state index >= 15 is 0 Å². The number of halogens is 1. The van der Waals surface area contributed by atoms with Crippen molar-refractivity contribution in [3.8, 4) is 5.69 Å². The second-order valence-electron chi connectivity index (χ2n) is 6.07. The van der Waals surface area contributed by atoms with Crippen molar-refractivity contribution in [2.45, 2.75) is 20.3 Å². The van der Waals surface area contributed by atoms with Gasteiger partial charge >= 0.3 is 5.97 Å². The summed E-state index contributed by atoms with van der Waals surface area (Å²) in [6.07, 6.45) is 1.44. The third kappa shape index (κ3) is 4.11. The lowest BCUT2D eigenvalue weighted by atomic mass is 10.1. The van der Waals surface area contributed by atoms with Crippen LogP contribution in [0.25, 0.3) is 5.69 Å². The van der Waals surface area contributed by atoms with Crippen LogP contribution in [0.15, 0.2) is 54.9 Å². The quantitative estimate of drug-likeness (QED) is 0.490. The molecular weight excluding hydrogens is 347 g/mol. The van der Waals surface area contributed by atoms with Gasteiger partial charge in [0.1, 0.15) is 12.1 Å². The first-order chi connectivity index (χ1) is 13.0. The summed E-state index contributed by atoms with van der Waals surface area (Å²) in [5.74, 6) is -1.23. The molecule has 3 rings (SSSR count). The molecule has 138 valence electrons. The minimum atomic E-state index is -0.578. The van der Waals surface area contributed by atoms with Crippen molar-refractivity contribution in [2.75, 3.05) is 6.61 Å². The van der Waals surface area contributed by atoms with Gasteiger partial charge in [0.05, 0.1) is 18.7 Å². The van der Waals surface area contributed by atoms with Crippen LogP contribution in [0.1, 0.15) is 39.0 Å². The number of ketones is 1. The maximum absolute atomic E-state index is 13.1. The van der Waals surface area contributed by atoms with E-state index in [9.17, 15) is 14.0 Å². The van der Waals surface area contributed by atoms with Crippen molar-refractivity contribution >= 4 is 11.8 Å². The molecule has 0 fully saturated rings. The van der Waals surface area contributed by atoms with Gasteiger partial charge in [-0.05, 0) is 50.2 Å². The van der Waals surface area contributed by atoms with Crippen molar-refractivity contribution in [3.05, 3.63) is 83.2 Å². The number of imidazole rings is 1. The number of esters is 1. The molecule has 0 aliphatic carbocycles. The highest BCUT2D eigenvalue weighted by molar-refractivity contribution is 5.99. The Hall–Kier alpha value is -3.28. The van der Waals surface area contributed by atoms with Crippen LogP contribution < -0.4 is 0 Å². The van der Waals surface area contributed by atoms with E-state index in [4.69, 9.17) is 4.74 Å². The maximum Gasteiger partial charge on any atom is 0.358 e. The van der Waals surface area contributed by atoms with E-state index in [0.29, 0.717) is 11.3 Å². The van der Waals surface area contributed by atoms with Crippen LogP contribution in [0.2, 0.25) is 0 Å². The summed E-state index contributed by atoms with van der Waals surface area (Å²) < 4.78 is 19.9. The highest BCUT2D eigenvalue weighted by Crippen LogP contribution is 2.19. The number of carbonyl (C=O) groups excluding carboxylic acids is 2. The van der Waals surface area contributed by atoms with Crippen LogP contribution >= 0.6 is 0 Å². The average molecular weight is 366 g/mol. The molecular formula is C21H19FN2O3. The first-order valence-corrected chi connectivity index (χ1v) is 8.58. The molecule has 3 aromatic rings. The van der Waals surface area contributed by atoms with E-state index in [2.05, 4.69) is 4.98 Å². The Kier molecular flexibility index (Phi) is 5.45. The molecule has 27 heavy (non-hydrogen) atoms. The van der Waals surface area contributed by atoms with Crippen LogP contribution in [0.4, 0.5) is 4.39 Å². The summed E-state index contributed by atoms with van der Waals surface area (Å²) in [5, 5.41) is 0. The minimum Gasteiger partial charge on any atom is -0.461 e. The number of nitrogens with zero attached hydrogens (tertiary/aromatic N) is 2. The van der Waals surface area contributed by atoms with Gasteiger partial charge in [-0.2, -0.15) is 0 Å². The van der Waals surface area contributed by atoms with E-state index < -0.39 is 11.8 Å². The van der Waals surface area contributed by atoms with Gasteiger partial charge in [0.15, 0.2) is 11.5 Å². The second kappa shape index (κ2) is 7.95. The van der Waals surface area contributed by atoms with Crippen LogP contribution in [0.5, 0.6) is 0 Å². The molecule has 0 saturated carbocycles. The average Bonchev–Trinajstić information content (AvgIpc) is 3.06. The monoisotopic (exact) mass is 366 g/mol. The fourth-order valence-electron chi connectivity index (χ4n) is 2.73. The Labute approximate surface area is 156 Å². The Morgan fingerprint density at radius 3 is 2.37 bits per heavy atom. The highest BCUT2D eigenvalue weighted by Gasteiger charge is 2.22. The summed E-state index contributed by atoms with van der Waals surface area (Å²) in [4.78, 5) is 29.1. The number of hydrogen-bond acceptors (Lipinski definition) is 4. The molecule has 5 nitrogen and oxygen atoms in total. The lowest BCUT2D eigenvalue weighted by molar-refractivity contribution is 0.0519. The van der Waals surface area contributed by atoms with Crippen molar-refractivity contribution in [2.24, 2.45) is 0 Å².